The van der Waals surface area contributed by atoms with Crippen molar-refractivity contribution in [2.24, 2.45) is 0 Å². The van der Waals surface area contributed by atoms with Crippen molar-refractivity contribution in [2.75, 3.05) is 13.2 Å². The topological polar surface area (TPSA) is 78.9 Å². The highest BCUT2D eigenvalue weighted by Crippen LogP contribution is 2.11. The lowest BCUT2D eigenvalue weighted by Crippen LogP contribution is -2.30. The highest BCUT2D eigenvalue weighted by Gasteiger charge is 2.19. The number of unbranched alkanes of at least 4 members (excludes halogenated alkanes) is 8. The Bertz CT molecular complexity index is 1590. The molecule has 0 aromatic rings. The Morgan fingerprint density at radius 1 is 0.296 bits per heavy atom. The van der Waals surface area contributed by atoms with Crippen LogP contribution in [0.3, 0.4) is 0 Å². The number of carbonyl (C=O) groups excluding carboxylic acids is 3. The third-order valence-corrected chi connectivity index (χ3v) is 10.7. The van der Waals surface area contributed by atoms with E-state index in [1.165, 1.54) is 25.7 Å². The molecule has 0 saturated carbocycles. The van der Waals surface area contributed by atoms with Crippen molar-refractivity contribution >= 4 is 17.9 Å². The number of carbonyl (C=O) groups is 3. The average Bonchev–Trinajstić information content (AvgIpc) is 3.37. The van der Waals surface area contributed by atoms with E-state index in [0.717, 1.165) is 122 Å². The second-order valence-electron chi connectivity index (χ2n) is 17.4. The molecule has 0 fully saturated rings. The summed E-state index contributed by atoms with van der Waals surface area (Å²) in [6.45, 7) is 6.21. The molecule has 0 aromatic heterocycles. The summed E-state index contributed by atoms with van der Waals surface area (Å²) in [4.78, 5) is 38.1. The van der Waals surface area contributed by atoms with E-state index in [-0.39, 0.29) is 50.4 Å². The van der Waals surface area contributed by atoms with Crippen LogP contribution in [-0.2, 0) is 28.6 Å². The van der Waals surface area contributed by atoms with Crippen molar-refractivity contribution in [3.63, 3.8) is 0 Å². The van der Waals surface area contributed by atoms with Crippen molar-refractivity contribution < 1.29 is 28.6 Å². The van der Waals surface area contributed by atoms with Crippen LogP contribution in [0.4, 0.5) is 0 Å². The largest absolute Gasteiger partial charge is 0.462 e. The van der Waals surface area contributed by atoms with Gasteiger partial charge in [0, 0.05) is 19.3 Å². The van der Waals surface area contributed by atoms with Crippen molar-refractivity contribution in [1.82, 2.24) is 0 Å². The van der Waals surface area contributed by atoms with Crippen molar-refractivity contribution in [3.05, 3.63) is 170 Å². The van der Waals surface area contributed by atoms with E-state index in [9.17, 15) is 14.4 Å². The Balaban J connectivity index is 4.67. The number of rotatable bonds is 47. The van der Waals surface area contributed by atoms with Crippen LogP contribution in [0.1, 0.15) is 201 Å². The predicted octanol–water partition coefficient (Wildman–Crippen LogP) is 18.8. The standard InChI is InChI=1S/C65H98O6/c1-4-7-10-13-16-19-22-25-28-30-32-34-37-39-42-45-48-51-54-57-63(66)69-60-62(71-65(68)59-56-53-50-47-44-41-36-27-24-21-18-15-12-9-6-3)61-70-64(67)58-55-52-49-46-43-40-38-35-33-31-29-26-23-20-17-14-11-8-5-2/h7-8,10-11,16-21,25-29,32-36,39-40,42-43,48-49,51-52,62H,4-6,9,12-15,22-24,30-31,37-38,41,44-47,50,53-61H2,1-3H3. The third-order valence-electron chi connectivity index (χ3n) is 10.7. The summed E-state index contributed by atoms with van der Waals surface area (Å²) in [5.74, 6) is -1.14. The van der Waals surface area contributed by atoms with Crippen LogP contribution in [0, 0.1) is 0 Å². The normalized spacial score (nSPS) is 13.5. The zero-order valence-electron chi connectivity index (χ0n) is 44.9. The molecule has 0 aliphatic rings. The minimum Gasteiger partial charge on any atom is -0.462 e. The molecule has 6 heteroatoms. The van der Waals surface area contributed by atoms with Crippen LogP contribution in [0.15, 0.2) is 170 Å². The minimum atomic E-state index is -0.856. The molecule has 6 nitrogen and oxygen atoms in total. The van der Waals surface area contributed by atoms with E-state index in [4.69, 9.17) is 14.2 Å². The van der Waals surface area contributed by atoms with Crippen LogP contribution >= 0.6 is 0 Å². The average molecular weight is 975 g/mol. The third kappa shape index (κ3) is 55.6. The highest BCUT2D eigenvalue weighted by atomic mass is 16.6. The molecule has 0 saturated heterocycles. The summed E-state index contributed by atoms with van der Waals surface area (Å²) < 4.78 is 16.7. The van der Waals surface area contributed by atoms with Gasteiger partial charge in [-0.1, -0.05) is 223 Å². The Labute approximate surface area is 434 Å². The van der Waals surface area contributed by atoms with Gasteiger partial charge < -0.3 is 14.2 Å². The lowest BCUT2D eigenvalue weighted by Gasteiger charge is -2.18. The first-order valence-corrected chi connectivity index (χ1v) is 27.6. The van der Waals surface area contributed by atoms with E-state index >= 15 is 0 Å². The van der Waals surface area contributed by atoms with Crippen LogP contribution in [0.5, 0.6) is 0 Å². The number of esters is 3. The zero-order chi connectivity index (χ0) is 51.4. The fourth-order valence-electron chi connectivity index (χ4n) is 6.64. The van der Waals surface area contributed by atoms with E-state index in [0.29, 0.717) is 12.8 Å². The summed E-state index contributed by atoms with van der Waals surface area (Å²) in [5.41, 5.74) is 0. The molecule has 0 heterocycles. The summed E-state index contributed by atoms with van der Waals surface area (Å²) in [5, 5.41) is 0. The molecule has 0 atom stereocenters. The van der Waals surface area contributed by atoms with E-state index in [1.807, 2.05) is 24.3 Å². The number of ether oxygens (including phenoxy) is 3. The lowest BCUT2D eigenvalue weighted by molar-refractivity contribution is -0.166. The molecule has 394 valence electrons. The van der Waals surface area contributed by atoms with Gasteiger partial charge in [-0.15, -0.1) is 0 Å². The molecule has 0 spiro atoms. The Morgan fingerprint density at radius 2 is 0.577 bits per heavy atom. The van der Waals surface area contributed by atoms with Gasteiger partial charge in [0.05, 0.1) is 0 Å². The van der Waals surface area contributed by atoms with Crippen LogP contribution in [0.2, 0.25) is 0 Å². The molecule has 0 radical (unpaired) electrons. The molecule has 0 unspecified atom stereocenters. The molecule has 0 N–H and O–H groups in total. The molecule has 0 amide bonds. The van der Waals surface area contributed by atoms with Crippen LogP contribution < -0.4 is 0 Å². The Hall–Kier alpha value is -5.23. The van der Waals surface area contributed by atoms with Gasteiger partial charge in [-0.25, -0.2) is 0 Å². The monoisotopic (exact) mass is 975 g/mol. The number of hydrogen-bond donors (Lipinski definition) is 0. The molecule has 0 rings (SSSR count). The maximum absolute atomic E-state index is 12.8. The first-order valence-electron chi connectivity index (χ1n) is 27.6. The zero-order valence-corrected chi connectivity index (χ0v) is 44.9. The van der Waals surface area contributed by atoms with Gasteiger partial charge in [-0.05, 0) is 128 Å². The van der Waals surface area contributed by atoms with Gasteiger partial charge >= 0.3 is 17.9 Å². The van der Waals surface area contributed by atoms with Gasteiger partial charge in [-0.2, -0.15) is 0 Å². The lowest BCUT2D eigenvalue weighted by atomic mass is 10.1. The molecule has 0 aromatic carbocycles. The first-order chi connectivity index (χ1) is 35.0. The Kier molecular flexibility index (Phi) is 53.1. The quantitative estimate of drug-likeness (QED) is 0.0262. The van der Waals surface area contributed by atoms with E-state index < -0.39 is 6.10 Å². The molecular formula is C65H98O6. The first kappa shape index (κ1) is 65.8. The number of hydrogen-bond acceptors (Lipinski definition) is 6. The second-order valence-corrected chi connectivity index (χ2v) is 17.4. The molecular weight excluding hydrogens is 877 g/mol. The summed E-state index contributed by atoms with van der Waals surface area (Å²) >= 11 is 0. The molecule has 71 heavy (non-hydrogen) atoms. The predicted molar refractivity (Wildman–Crippen MR) is 306 cm³/mol. The fourth-order valence-corrected chi connectivity index (χ4v) is 6.64. The van der Waals surface area contributed by atoms with Crippen LogP contribution in [-0.4, -0.2) is 37.2 Å². The van der Waals surface area contributed by atoms with Gasteiger partial charge in [0.15, 0.2) is 6.10 Å². The van der Waals surface area contributed by atoms with Gasteiger partial charge in [0.25, 0.3) is 0 Å². The number of allylic oxidation sites excluding steroid dienone is 28. The van der Waals surface area contributed by atoms with Crippen molar-refractivity contribution in [1.29, 1.82) is 0 Å². The maximum Gasteiger partial charge on any atom is 0.306 e. The SMILES string of the molecule is CCC=CCC=CCC=CCC=CCC=CCC=CCCC(=O)OCC(COC(=O)CCC=CCC=CCC=CCC=CCC=CCC=CCC)OC(=O)CCCCCCCC=CCC=CCCCCC. The van der Waals surface area contributed by atoms with Gasteiger partial charge in [0.2, 0.25) is 0 Å². The van der Waals surface area contributed by atoms with Crippen molar-refractivity contribution in [3.8, 4) is 0 Å². The minimum absolute atomic E-state index is 0.156. The fraction of sp³-hybridized carbons (Fsp3) is 0.523. The van der Waals surface area contributed by atoms with Crippen molar-refractivity contribution in [2.45, 2.75) is 207 Å². The molecule has 0 aliphatic heterocycles. The Morgan fingerprint density at radius 3 is 0.915 bits per heavy atom. The van der Waals surface area contributed by atoms with Crippen LogP contribution in [0.25, 0.3) is 0 Å². The van der Waals surface area contributed by atoms with E-state index in [2.05, 4.69) is 167 Å². The second kappa shape index (κ2) is 57.3. The summed E-state index contributed by atoms with van der Waals surface area (Å²) in [6.07, 6.45) is 85.0. The van der Waals surface area contributed by atoms with E-state index in [1.54, 1.807) is 0 Å². The smallest absolute Gasteiger partial charge is 0.306 e. The molecule has 0 bridgehead atoms. The summed E-state index contributed by atoms with van der Waals surface area (Å²) in [6, 6.07) is 0. The van der Waals surface area contributed by atoms with Gasteiger partial charge in [0.1, 0.15) is 13.2 Å². The highest BCUT2D eigenvalue weighted by molar-refractivity contribution is 5.71. The molecule has 0 aliphatic carbocycles. The summed E-state index contributed by atoms with van der Waals surface area (Å²) in [7, 11) is 0. The van der Waals surface area contributed by atoms with Gasteiger partial charge in [-0.3, -0.25) is 14.4 Å². The maximum atomic E-state index is 12.8.